The topological polar surface area (TPSA) is 101 Å². The molecule has 2 aliphatic carbocycles. The minimum atomic E-state index is -0.504. The van der Waals surface area contributed by atoms with Gasteiger partial charge in [-0.2, -0.15) is 5.10 Å². The Balaban J connectivity index is 1.25. The van der Waals surface area contributed by atoms with Crippen molar-refractivity contribution >= 4 is 34.0 Å². The molecule has 9 heteroatoms. The lowest BCUT2D eigenvalue weighted by Gasteiger charge is -2.44. The van der Waals surface area contributed by atoms with Gasteiger partial charge in [0.15, 0.2) is 0 Å². The summed E-state index contributed by atoms with van der Waals surface area (Å²) in [5, 5.41) is 10.6. The number of piperazine rings is 1. The number of hydrazone groups is 1. The molecule has 2 saturated carbocycles. The molecule has 0 spiro atoms. The maximum absolute atomic E-state index is 12.4. The van der Waals surface area contributed by atoms with E-state index in [9.17, 15) is 9.59 Å². The molecule has 2 aliphatic heterocycles. The van der Waals surface area contributed by atoms with Crippen molar-refractivity contribution in [3.8, 4) is 0 Å². The summed E-state index contributed by atoms with van der Waals surface area (Å²) >= 11 is 3.68. The van der Waals surface area contributed by atoms with Crippen LogP contribution in [-0.2, 0) is 19.1 Å². The molecule has 4 rings (SSSR count). The number of nitrogens with one attached hydrogen (secondary N) is 3. The predicted molar refractivity (Wildman–Crippen MR) is 112 cm³/mol. The minimum absolute atomic E-state index is 0.0837. The number of carbonyl (C=O) groups excluding carboxylic acids is 2. The summed E-state index contributed by atoms with van der Waals surface area (Å²) in [6, 6.07) is -0.104. The zero-order chi connectivity index (χ0) is 20.5. The summed E-state index contributed by atoms with van der Waals surface area (Å²) in [5.41, 5.74) is 2.58. The van der Waals surface area contributed by atoms with E-state index in [2.05, 4.69) is 50.9 Å². The summed E-state index contributed by atoms with van der Waals surface area (Å²) in [6.07, 6.45) is 5.77. The predicted octanol–water partition coefficient (Wildman–Crippen LogP) is 1.28. The van der Waals surface area contributed by atoms with Crippen LogP contribution in [0.1, 0.15) is 46.0 Å². The van der Waals surface area contributed by atoms with Gasteiger partial charge in [0, 0.05) is 29.0 Å². The lowest BCUT2D eigenvalue weighted by molar-refractivity contribution is -0.131. The lowest BCUT2D eigenvalue weighted by atomic mass is 9.75. The van der Waals surface area contributed by atoms with E-state index in [1.165, 1.54) is 0 Å². The van der Waals surface area contributed by atoms with E-state index in [1.54, 1.807) is 6.21 Å². The number of alkyl halides is 1. The van der Waals surface area contributed by atoms with Gasteiger partial charge in [-0.15, -0.1) is 0 Å². The monoisotopic (exact) mass is 470 g/mol. The summed E-state index contributed by atoms with van der Waals surface area (Å²) in [4.78, 5) is 25.0. The Morgan fingerprint density at radius 2 is 1.86 bits per heavy atom. The molecule has 2 saturated heterocycles. The fourth-order valence-electron chi connectivity index (χ4n) is 4.98. The minimum Gasteiger partial charge on any atom is -0.350 e. The fourth-order valence-corrected chi connectivity index (χ4v) is 5.70. The van der Waals surface area contributed by atoms with Crippen molar-refractivity contribution in [2.75, 3.05) is 6.79 Å². The Morgan fingerprint density at radius 3 is 2.62 bits per heavy atom. The highest BCUT2D eigenvalue weighted by molar-refractivity contribution is 9.09. The lowest BCUT2D eigenvalue weighted by Crippen LogP contribution is -2.66. The van der Waals surface area contributed by atoms with Gasteiger partial charge in [-0.1, -0.05) is 29.8 Å². The molecule has 0 aromatic heterocycles. The number of halogens is 1. The highest BCUT2D eigenvalue weighted by atomic mass is 79.9. The van der Waals surface area contributed by atoms with Crippen LogP contribution in [0.5, 0.6) is 0 Å². The van der Waals surface area contributed by atoms with Gasteiger partial charge < -0.3 is 20.1 Å². The first-order valence-corrected chi connectivity index (χ1v) is 11.6. The zero-order valence-electron chi connectivity index (χ0n) is 17.0. The average molecular weight is 471 g/mol. The van der Waals surface area contributed by atoms with E-state index in [0.717, 1.165) is 25.7 Å². The third-order valence-electron chi connectivity index (χ3n) is 7.02. The molecule has 2 heterocycles. The first-order chi connectivity index (χ1) is 13.9. The number of fused-ring (bicyclic) bond motifs is 2. The first kappa shape index (κ1) is 21.2. The molecular weight excluding hydrogens is 440 g/mol. The van der Waals surface area contributed by atoms with Crippen molar-refractivity contribution in [3.05, 3.63) is 0 Å². The maximum Gasteiger partial charge on any atom is 0.242 e. The number of nitrogens with zero attached hydrogens (tertiary/aromatic N) is 1. The van der Waals surface area contributed by atoms with E-state index in [0.29, 0.717) is 18.6 Å². The molecule has 0 aromatic rings. The van der Waals surface area contributed by atoms with Gasteiger partial charge in [0.25, 0.3) is 0 Å². The second-order valence-electron chi connectivity index (χ2n) is 9.06. The Kier molecular flexibility index (Phi) is 6.58. The van der Waals surface area contributed by atoms with Crippen molar-refractivity contribution in [3.63, 3.8) is 0 Å². The SMILES string of the molecule is CC1CC2NC(=O)C(CC(=O)N/N=C\C3CC4OCOC4CC3Br)NC2CC1C. The van der Waals surface area contributed by atoms with Crippen molar-refractivity contribution in [1.82, 2.24) is 16.1 Å². The molecule has 3 N–H and O–H groups in total. The van der Waals surface area contributed by atoms with Gasteiger partial charge >= 0.3 is 0 Å². The van der Waals surface area contributed by atoms with E-state index >= 15 is 0 Å². The van der Waals surface area contributed by atoms with Crippen LogP contribution < -0.4 is 16.1 Å². The number of hydrogen-bond acceptors (Lipinski definition) is 6. The molecule has 4 aliphatic rings. The smallest absolute Gasteiger partial charge is 0.242 e. The van der Waals surface area contributed by atoms with E-state index < -0.39 is 6.04 Å². The highest BCUT2D eigenvalue weighted by Gasteiger charge is 2.41. The van der Waals surface area contributed by atoms with Crippen LogP contribution in [0.4, 0.5) is 0 Å². The summed E-state index contributed by atoms with van der Waals surface area (Å²) < 4.78 is 11.1. The van der Waals surface area contributed by atoms with Crippen molar-refractivity contribution in [2.24, 2.45) is 22.9 Å². The normalized spacial score (nSPS) is 44.8. The van der Waals surface area contributed by atoms with Gasteiger partial charge in [-0.25, -0.2) is 5.43 Å². The third-order valence-corrected chi connectivity index (χ3v) is 8.07. The number of amides is 2. The number of rotatable bonds is 4. The summed E-state index contributed by atoms with van der Waals surface area (Å²) in [7, 11) is 0. The van der Waals surface area contributed by atoms with E-state index in [1.807, 2.05) is 0 Å². The molecule has 0 radical (unpaired) electrons. The Bertz CT molecular complexity index is 662. The maximum atomic E-state index is 12.4. The largest absolute Gasteiger partial charge is 0.350 e. The number of hydrogen-bond donors (Lipinski definition) is 3. The van der Waals surface area contributed by atoms with Gasteiger partial charge in [0.1, 0.15) is 6.79 Å². The van der Waals surface area contributed by atoms with Crippen molar-refractivity contribution in [1.29, 1.82) is 0 Å². The molecular formula is C20H31BrN4O4. The summed E-state index contributed by atoms with van der Waals surface area (Å²) in [6.45, 7) is 4.84. The molecule has 8 nitrogen and oxygen atoms in total. The van der Waals surface area contributed by atoms with E-state index in [4.69, 9.17) is 9.47 Å². The quantitative estimate of drug-likeness (QED) is 0.326. The fraction of sp³-hybridized carbons (Fsp3) is 0.850. The Hall–Kier alpha value is -1.03. The molecule has 2 amide bonds. The van der Waals surface area contributed by atoms with E-state index in [-0.39, 0.29) is 53.3 Å². The van der Waals surface area contributed by atoms with Crippen LogP contribution >= 0.6 is 15.9 Å². The second kappa shape index (κ2) is 8.99. The van der Waals surface area contributed by atoms with Crippen molar-refractivity contribution in [2.45, 2.75) is 81.1 Å². The molecule has 0 aromatic carbocycles. The van der Waals surface area contributed by atoms with Crippen LogP contribution in [0.2, 0.25) is 0 Å². The molecule has 9 atom stereocenters. The highest BCUT2D eigenvalue weighted by Crippen LogP contribution is 2.35. The van der Waals surface area contributed by atoms with Crippen LogP contribution in [0.25, 0.3) is 0 Å². The molecule has 29 heavy (non-hydrogen) atoms. The molecule has 162 valence electrons. The second-order valence-corrected chi connectivity index (χ2v) is 10.2. The number of ether oxygens (including phenoxy) is 2. The molecule has 4 fully saturated rings. The van der Waals surface area contributed by atoms with Gasteiger partial charge in [0.05, 0.1) is 24.7 Å². The number of carbonyl (C=O) groups is 2. The molecule has 9 unspecified atom stereocenters. The van der Waals surface area contributed by atoms with Gasteiger partial charge in [-0.05, 0) is 37.5 Å². The average Bonchev–Trinajstić information content (AvgIpc) is 3.11. The third kappa shape index (κ3) is 4.84. The van der Waals surface area contributed by atoms with Crippen LogP contribution in [0, 0.1) is 17.8 Å². The van der Waals surface area contributed by atoms with Crippen LogP contribution in [-0.4, -0.2) is 60.0 Å². The Labute approximate surface area is 180 Å². The standard InChI is InChI=1S/C20H31BrN4O4/c1-10-3-14-15(4-11(10)2)24-20(27)16(23-14)7-19(26)25-22-8-12-5-17-18(6-13(12)21)29-9-28-17/h8,10-18,23H,3-7,9H2,1-2H3,(H,24,27)(H,25,26)/b22-8-. The van der Waals surface area contributed by atoms with Crippen molar-refractivity contribution < 1.29 is 19.1 Å². The summed E-state index contributed by atoms with van der Waals surface area (Å²) in [5.74, 6) is 1.02. The van der Waals surface area contributed by atoms with Crippen LogP contribution in [0.3, 0.4) is 0 Å². The van der Waals surface area contributed by atoms with Crippen LogP contribution in [0.15, 0.2) is 5.10 Å². The van der Waals surface area contributed by atoms with Gasteiger partial charge in [0.2, 0.25) is 11.8 Å². The first-order valence-electron chi connectivity index (χ1n) is 10.7. The Morgan fingerprint density at radius 1 is 1.17 bits per heavy atom. The molecule has 0 bridgehead atoms. The van der Waals surface area contributed by atoms with Gasteiger partial charge in [-0.3, -0.25) is 9.59 Å². The zero-order valence-corrected chi connectivity index (χ0v) is 18.6.